The Kier molecular flexibility index (Phi) is 6.36. The summed E-state index contributed by atoms with van der Waals surface area (Å²) >= 11 is 0. The first-order chi connectivity index (χ1) is 8.63. The largest absolute Gasteiger partial charge is 0.489 e. The number of hydrogen-bond acceptors (Lipinski definition) is 4. The molecule has 0 aliphatic heterocycles. The zero-order chi connectivity index (χ0) is 13.4. The quantitative estimate of drug-likeness (QED) is 0.491. The van der Waals surface area contributed by atoms with Crippen molar-refractivity contribution in [2.75, 3.05) is 24.2 Å². The van der Waals surface area contributed by atoms with Crippen LogP contribution in [0.2, 0.25) is 0 Å². The number of nitrogens with one attached hydrogen (secondary N) is 1. The van der Waals surface area contributed by atoms with E-state index >= 15 is 0 Å². The van der Waals surface area contributed by atoms with Gasteiger partial charge in [0.1, 0.15) is 5.75 Å². The molecule has 0 unspecified atom stereocenters. The topological polar surface area (TPSA) is 67.5 Å². The van der Waals surface area contributed by atoms with Gasteiger partial charge in [0.15, 0.2) is 0 Å². The van der Waals surface area contributed by atoms with Crippen molar-refractivity contribution in [3.05, 3.63) is 18.2 Å². The standard InChI is InChI=1S/C14H24N2O2/c1-11(2)18-14-10-12(6-7-13(14)15)16-8-4-3-5-9-17/h6-7,10-11,16-17H,3-5,8-9,15H2,1-2H3. The number of hydrogen-bond donors (Lipinski definition) is 3. The lowest BCUT2D eigenvalue weighted by Crippen LogP contribution is -2.08. The van der Waals surface area contributed by atoms with Crippen LogP contribution in [0, 0.1) is 0 Å². The van der Waals surface area contributed by atoms with Crippen molar-refractivity contribution in [2.24, 2.45) is 0 Å². The van der Waals surface area contributed by atoms with Gasteiger partial charge in [0.05, 0.1) is 11.8 Å². The number of benzene rings is 1. The van der Waals surface area contributed by atoms with Gasteiger partial charge in [-0.05, 0) is 45.2 Å². The van der Waals surface area contributed by atoms with Gasteiger partial charge in [0, 0.05) is 24.9 Å². The van der Waals surface area contributed by atoms with Gasteiger partial charge in [-0.1, -0.05) is 0 Å². The van der Waals surface area contributed by atoms with E-state index in [1.165, 1.54) is 0 Å². The third-order valence-corrected chi connectivity index (χ3v) is 2.54. The average Bonchev–Trinajstić information content (AvgIpc) is 2.32. The predicted molar refractivity (Wildman–Crippen MR) is 76.0 cm³/mol. The monoisotopic (exact) mass is 252 g/mol. The summed E-state index contributed by atoms with van der Waals surface area (Å²) in [4.78, 5) is 0. The summed E-state index contributed by atoms with van der Waals surface area (Å²) in [6.45, 7) is 5.13. The van der Waals surface area contributed by atoms with E-state index in [1.807, 2.05) is 32.0 Å². The molecule has 0 aliphatic carbocycles. The number of nitrogens with two attached hydrogens (primary N) is 1. The van der Waals surface area contributed by atoms with E-state index in [4.69, 9.17) is 15.6 Å². The number of rotatable bonds is 8. The van der Waals surface area contributed by atoms with Crippen LogP contribution >= 0.6 is 0 Å². The van der Waals surface area contributed by atoms with Crippen LogP contribution in [0.1, 0.15) is 33.1 Å². The fraction of sp³-hybridized carbons (Fsp3) is 0.571. The first-order valence-electron chi connectivity index (χ1n) is 6.54. The van der Waals surface area contributed by atoms with Crippen LogP contribution in [0.25, 0.3) is 0 Å². The first kappa shape index (κ1) is 14.6. The zero-order valence-electron chi connectivity index (χ0n) is 11.3. The lowest BCUT2D eigenvalue weighted by Gasteiger charge is -2.14. The van der Waals surface area contributed by atoms with Crippen molar-refractivity contribution >= 4 is 11.4 Å². The van der Waals surface area contributed by atoms with Gasteiger partial charge < -0.3 is 20.9 Å². The molecule has 0 saturated carbocycles. The second-order valence-corrected chi connectivity index (χ2v) is 4.63. The highest BCUT2D eigenvalue weighted by molar-refractivity contribution is 5.61. The minimum atomic E-state index is 0.118. The van der Waals surface area contributed by atoms with Crippen LogP contribution in [0.15, 0.2) is 18.2 Å². The fourth-order valence-electron chi connectivity index (χ4n) is 1.65. The third-order valence-electron chi connectivity index (χ3n) is 2.54. The van der Waals surface area contributed by atoms with E-state index < -0.39 is 0 Å². The summed E-state index contributed by atoms with van der Waals surface area (Å²) < 4.78 is 5.63. The molecule has 0 amide bonds. The van der Waals surface area contributed by atoms with E-state index in [1.54, 1.807) is 0 Å². The summed E-state index contributed by atoms with van der Waals surface area (Å²) in [6.07, 6.45) is 3.07. The molecule has 18 heavy (non-hydrogen) atoms. The number of aliphatic hydroxyl groups excluding tert-OH is 1. The van der Waals surface area contributed by atoms with Crippen LogP contribution in [0.5, 0.6) is 5.75 Å². The second-order valence-electron chi connectivity index (χ2n) is 4.63. The molecule has 0 saturated heterocycles. The highest BCUT2D eigenvalue weighted by atomic mass is 16.5. The van der Waals surface area contributed by atoms with Crippen molar-refractivity contribution < 1.29 is 9.84 Å². The van der Waals surface area contributed by atoms with Crippen LogP contribution in [0.4, 0.5) is 11.4 Å². The number of aliphatic hydroxyl groups is 1. The Morgan fingerprint density at radius 3 is 2.72 bits per heavy atom. The number of ether oxygens (including phenoxy) is 1. The average molecular weight is 252 g/mol. The minimum Gasteiger partial charge on any atom is -0.489 e. The van der Waals surface area contributed by atoms with E-state index in [0.717, 1.165) is 37.2 Å². The molecule has 0 spiro atoms. The maximum absolute atomic E-state index is 8.68. The summed E-state index contributed by atoms with van der Waals surface area (Å²) in [6, 6.07) is 5.74. The SMILES string of the molecule is CC(C)Oc1cc(NCCCCCO)ccc1N. The van der Waals surface area contributed by atoms with Crippen LogP contribution < -0.4 is 15.8 Å². The Balaban J connectivity index is 2.46. The van der Waals surface area contributed by atoms with Gasteiger partial charge in [0.2, 0.25) is 0 Å². The predicted octanol–water partition coefficient (Wildman–Crippen LogP) is 2.63. The van der Waals surface area contributed by atoms with E-state index in [2.05, 4.69) is 5.32 Å². The molecule has 0 aromatic heterocycles. The normalized spacial score (nSPS) is 10.7. The molecule has 0 atom stereocenters. The second kappa shape index (κ2) is 7.82. The summed E-state index contributed by atoms with van der Waals surface area (Å²) in [7, 11) is 0. The molecule has 1 rings (SSSR count). The van der Waals surface area contributed by atoms with Crippen LogP contribution in [0.3, 0.4) is 0 Å². The molecule has 102 valence electrons. The van der Waals surface area contributed by atoms with E-state index in [9.17, 15) is 0 Å². The van der Waals surface area contributed by atoms with Crippen molar-refractivity contribution in [3.63, 3.8) is 0 Å². The Morgan fingerprint density at radius 2 is 2.06 bits per heavy atom. The Morgan fingerprint density at radius 1 is 1.28 bits per heavy atom. The van der Waals surface area contributed by atoms with Crippen LogP contribution in [-0.2, 0) is 0 Å². The number of nitrogen functional groups attached to an aromatic ring is 1. The van der Waals surface area contributed by atoms with Crippen LogP contribution in [-0.4, -0.2) is 24.4 Å². The van der Waals surface area contributed by atoms with Crippen molar-refractivity contribution in [2.45, 2.75) is 39.2 Å². The minimum absolute atomic E-state index is 0.118. The Labute approximate surface area is 109 Å². The van der Waals surface area contributed by atoms with Gasteiger partial charge in [-0.2, -0.15) is 0 Å². The highest BCUT2D eigenvalue weighted by Crippen LogP contribution is 2.26. The molecule has 0 aliphatic rings. The van der Waals surface area contributed by atoms with Gasteiger partial charge in [-0.3, -0.25) is 0 Å². The molecule has 0 fully saturated rings. The third kappa shape index (κ3) is 5.27. The molecule has 1 aromatic carbocycles. The van der Waals surface area contributed by atoms with Crippen molar-refractivity contribution in [1.29, 1.82) is 0 Å². The number of anilines is 2. The summed E-state index contributed by atoms with van der Waals surface area (Å²) in [5, 5.41) is 12.0. The zero-order valence-corrected chi connectivity index (χ0v) is 11.3. The maximum atomic E-state index is 8.68. The Hall–Kier alpha value is -1.42. The molecular formula is C14H24N2O2. The van der Waals surface area contributed by atoms with Gasteiger partial charge >= 0.3 is 0 Å². The molecule has 4 nitrogen and oxygen atoms in total. The highest BCUT2D eigenvalue weighted by Gasteiger charge is 2.04. The fourth-order valence-corrected chi connectivity index (χ4v) is 1.65. The molecule has 4 heteroatoms. The smallest absolute Gasteiger partial charge is 0.144 e. The molecule has 0 heterocycles. The first-order valence-corrected chi connectivity index (χ1v) is 6.54. The lowest BCUT2D eigenvalue weighted by molar-refractivity contribution is 0.244. The van der Waals surface area contributed by atoms with Gasteiger partial charge in [0.25, 0.3) is 0 Å². The lowest BCUT2D eigenvalue weighted by atomic mass is 10.2. The van der Waals surface area contributed by atoms with E-state index in [-0.39, 0.29) is 12.7 Å². The molecular weight excluding hydrogens is 228 g/mol. The number of unbranched alkanes of at least 4 members (excludes halogenated alkanes) is 2. The summed E-state index contributed by atoms with van der Waals surface area (Å²) in [5.74, 6) is 0.727. The Bertz CT molecular complexity index is 354. The molecule has 0 radical (unpaired) electrons. The summed E-state index contributed by atoms with van der Waals surface area (Å²) in [5.41, 5.74) is 7.53. The van der Waals surface area contributed by atoms with Crippen molar-refractivity contribution in [1.82, 2.24) is 0 Å². The van der Waals surface area contributed by atoms with Gasteiger partial charge in [-0.15, -0.1) is 0 Å². The maximum Gasteiger partial charge on any atom is 0.144 e. The van der Waals surface area contributed by atoms with Crippen molar-refractivity contribution in [3.8, 4) is 5.75 Å². The van der Waals surface area contributed by atoms with Gasteiger partial charge in [-0.25, -0.2) is 0 Å². The molecule has 1 aromatic rings. The molecule has 4 N–H and O–H groups in total. The van der Waals surface area contributed by atoms with E-state index in [0.29, 0.717) is 5.69 Å². The molecule has 0 bridgehead atoms.